The molecule has 0 aromatic heterocycles. The van der Waals surface area contributed by atoms with Crippen LogP contribution in [0.5, 0.6) is 0 Å². The van der Waals surface area contributed by atoms with E-state index in [1.54, 1.807) is 6.92 Å². The fourth-order valence-corrected chi connectivity index (χ4v) is 7.79. The van der Waals surface area contributed by atoms with Crippen molar-refractivity contribution in [3.05, 3.63) is 12.2 Å². The smallest absolute Gasteiger partial charge is 0.312 e. The Labute approximate surface area is 251 Å². The molecule has 12 atom stereocenters. The Morgan fingerprint density at radius 3 is 2.19 bits per heavy atom. The molecule has 0 bridgehead atoms. The Bertz CT molecular complexity index is 1120. The third-order valence-corrected chi connectivity index (χ3v) is 10.2. The highest BCUT2D eigenvalue weighted by molar-refractivity contribution is 6.23. The van der Waals surface area contributed by atoms with E-state index < -0.39 is 94.3 Å². The molecule has 0 aromatic carbocycles. The average Bonchev–Trinajstić information content (AvgIpc) is 3.67. The van der Waals surface area contributed by atoms with E-state index in [1.165, 1.54) is 13.8 Å². The first kappa shape index (κ1) is 32.7. The van der Waals surface area contributed by atoms with E-state index in [2.05, 4.69) is 6.58 Å². The van der Waals surface area contributed by atoms with Gasteiger partial charge >= 0.3 is 23.9 Å². The van der Waals surface area contributed by atoms with Crippen molar-refractivity contribution in [2.45, 2.75) is 133 Å². The van der Waals surface area contributed by atoms with Crippen molar-refractivity contribution < 1.29 is 53.1 Å². The number of carbonyl (C=O) groups is 4. The number of carbonyl (C=O) groups excluding carboxylic acids is 4. The highest BCUT2D eigenvalue weighted by atomic mass is 35.5. The summed E-state index contributed by atoms with van der Waals surface area (Å²) in [5, 5.41) is 23.9. The maximum atomic E-state index is 13.0. The molecule has 2 heterocycles. The Balaban J connectivity index is 1.97. The summed E-state index contributed by atoms with van der Waals surface area (Å²) in [6, 6.07) is 0. The molecule has 0 radical (unpaired) electrons. The van der Waals surface area contributed by atoms with Gasteiger partial charge in [0.15, 0.2) is 17.8 Å². The van der Waals surface area contributed by atoms with Crippen molar-refractivity contribution in [2.75, 3.05) is 0 Å². The lowest BCUT2D eigenvalue weighted by atomic mass is 9.52. The van der Waals surface area contributed by atoms with E-state index in [4.69, 9.17) is 35.3 Å². The predicted molar refractivity (Wildman–Crippen MR) is 148 cm³/mol. The molecule has 4 fully saturated rings. The highest BCUT2D eigenvalue weighted by Crippen LogP contribution is 2.63. The number of alkyl halides is 1. The summed E-state index contributed by atoms with van der Waals surface area (Å²) in [4.78, 5) is 51.4. The average molecular weight is 615 g/mol. The number of esters is 4. The Morgan fingerprint density at radius 2 is 1.62 bits per heavy atom. The minimum absolute atomic E-state index is 0.0952. The van der Waals surface area contributed by atoms with Crippen LogP contribution in [-0.2, 0) is 42.9 Å². The normalized spacial score (nSPS) is 44.5. The van der Waals surface area contributed by atoms with Crippen LogP contribution in [0.3, 0.4) is 0 Å². The summed E-state index contributed by atoms with van der Waals surface area (Å²) < 4.78 is 29.5. The second-order valence-electron chi connectivity index (χ2n) is 12.6. The van der Waals surface area contributed by atoms with Gasteiger partial charge in [0, 0.05) is 31.1 Å². The van der Waals surface area contributed by atoms with E-state index in [0.29, 0.717) is 18.4 Å². The van der Waals surface area contributed by atoms with Crippen molar-refractivity contribution in [3.63, 3.8) is 0 Å². The zero-order chi connectivity index (χ0) is 31.4. The fourth-order valence-electron chi connectivity index (χ4n) is 7.43. The monoisotopic (exact) mass is 614 g/mol. The lowest BCUT2D eigenvalue weighted by Gasteiger charge is -2.57. The Kier molecular flexibility index (Phi) is 9.11. The molecule has 2 N–H and O–H groups in total. The molecule has 0 aromatic rings. The van der Waals surface area contributed by atoms with E-state index in [0.717, 1.165) is 6.92 Å². The first-order chi connectivity index (χ1) is 19.6. The first-order valence-electron chi connectivity index (χ1n) is 14.7. The number of epoxide rings is 1. The van der Waals surface area contributed by atoms with Crippen molar-refractivity contribution in [1.82, 2.24) is 0 Å². The van der Waals surface area contributed by atoms with Crippen LogP contribution >= 0.6 is 11.6 Å². The zero-order valence-electron chi connectivity index (χ0n) is 25.1. The molecular weight excluding hydrogens is 572 g/mol. The maximum absolute atomic E-state index is 13.0. The van der Waals surface area contributed by atoms with Crippen LogP contribution in [0.25, 0.3) is 0 Å². The van der Waals surface area contributed by atoms with Gasteiger partial charge in [0.2, 0.25) is 0 Å². The molecule has 2 saturated carbocycles. The lowest BCUT2D eigenvalue weighted by molar-refractivity contribution is -0.262. The minimum Gasteiger partial charge on any atom is -0.462 e. The van der Waals surface area contributed by atoms with Crippen LogP contribution < -0.4 is 0 Å². The Hall–Kier alpha value is -2.21. The van der Waals surface area contributed by atoms with E-state index in [1.807, 2.05) is 13.8 Å². The first-order valence-corrected chi connectivity index (χ1v) is 15.2. The van der Waals surface area contributed by atoms with Crippen LogP contribution in [0.4, 0.5) is 0 Å². The lowest BCUT2D eigenvalue weighted by Crippen LogP contribution is -2.73. The van der Waals surface area contributed by atoms with Gasteiger partial charge in [0.05, 0.1) is 17.4 Å². The third kappa shape index (κ3) is 5.24. The number of rotatable bonds is 7. The molecule has 11 nitrogen and oxygen atoms in total. The van der Waals surface area contributed by atoms with E-state index in [-0.39, 0.29) is 25.7 Å². The van der Waals surface area contributed by atoms with Gasteiger partial charge in [-0.05, 0) is 39.5 Å². The van der Waals surface area contributed by atoms with Crippen molar-refractivity contribution in [3.8, 4) is 0 Å². The summed E-state index contributed by atoms with van der Waals surface area (Å²) in [6.07, 6.45) is -4.96. The minimum atomic E-state index is -2.26. The summed E-state index contributed by atoms with van der Waals surface area (Å²) in [5.41, 5.74) is -5.17. The van der Waals surface area contributed by atoms with Gasteiger partial charge in [-0.25, -0.2) is 0 Å². The van der Waals surface area contributed by atoms with Gasteiger partial charge in [-0.2, -0.15) is 0 Å². The van der Waals surface area contributed by atoms with Crippen molar-refractivity contribution in [1.29, 1.82) is 0 Å². The SMILES string of the molecule is C=C1CC[C@H](OC(=O)CCC)[C@@]2(C)C3OC3C(OC(=O)CCC)[C@@](C)(O)C2[C@H](OC(C)=O)C2(O)C(C)C(=O)OC2C1Cl. The molecule has 4 aliphatic rings. The summed E-state index contributed by atoms with van der Waals surface area (Å²) in [5.74, 6) is -5.16. The molecule has 2 aliphatic heterocycles. The summed E-state index contributed by atoms with van der Waals surface area (Å²) >= 11 is 6.80. The van der Waals surface area contributed by atoms with E-state index in [9.17, 15) is 29.4 Å². The predicted octanol–water partition coefficient (Wildman–Crippen LogP) is 2.75. The number of aliphatic hydroxyl groups is 2. The van der Waals surface area contributed by atoms with Crippen LogP contribution in [0, 0.1) is 17.3 Å². The Morgan fingerprint density at radius 1 is 1.02 bits per heavy atom. The molecule has 4 rings (SSSR count). The van der Waals surface area contributed by atoms with Crippen LogP contribution in [0.15, 0.2) is 12.2 Å². The van der Waals surface area contributed by atoms with Crippen LogP contribution in [0.2, 0.25) is 0 Å². The van der Waals surface area contributed by atoms with Gasteiger partial charge in [-0.1, -0.05) is 32.9 Å². The van der Waals surface area contributed by atoms with Gasteiger partial charge in [-0.15, -0.1) is 11.6 Å². The second-order valence-corrected chi connectivity index (χ2v) is 13.0. The van der Waals surface area contributed by atoms with Crippen LogP contribution in [0.1, 0.15) is 80.1 Å². The maximum Gasteiger partial charge on any atom is 0.312 e. The van der Waals surface area contributed by atoms with Crippen molar-refractivity contribution in [2.24, 2.45) is 17.3 Å². The summed E-state index contributed by atoms with van der Waals surface area (Å²) in [7, 11) is 0. The van der Waals surface area contributed by atoms with E-state index >= 15 is 0 Å². The van der Waals surface area contributed by atoms with Gasteiger partial charge in [0.1, 0.15) is 23.9 Å². The molecular formula is C30H43ClO11. The zero-order valence-corrected chi connectivity index (χ0v) is 25.8. The highest BCUT2D eigenvalue weighted by Gasteiger charge is 2.79. The molecule has 8 unspecified atom stereocenters. The molecule has 2 aliphatic carbocycles. The third-order valence-electron chi connectivity index (χ3n) is 9.63. The molecule has 42 heavy (non-hydrogen) atoms. The quantitative estimate of drug-likeness (QED) is 0.143. The fraction of sp³-hybridized carbons (Fsp3) is 0.800. The molecule has 0 spiro atoms. The molecule has 2 saturated heterocycles. The number of hydrogen-bond donors (Lipinski definition) is 2. The number of ether oxygens (including phenoxy) is 5. The van der Waals surface area contributed by atoms with Gasteiger partial charge in [-0.3, -0.25) is 19.2 Å². The second kappa shape index (κ2) is 11.7. The van der Waals surface area contributed by atoms with Gasteiger partial charge in [0.25, 0.3) is 0 Å². The number of fused-ring (bicyclic) bond motifs is 4. The topological polar surface area (TPSA) is 158 Å². The van der Waals surface area contributed by atoms with Crippen molar-refractivity contribution >= 4 is 35.5 Å². The summed E-state index contributed by atoms with van der Waals surface area (Å²) in [6.45, 7) is 13.5. The standard InChI is InChI=1S/C30H43ClO11/c1-8-10-18(33)39-17-13-12-14(3)20(31)23-30(37,15(4)27(35)42-23)26(38-16(5)32)22-28(17,6)24-21(41-24)25(29(22,7)36)40-19(34)11-9-2/h15,17,20-26,36-37H,3,8-13H2,1-2,4-7H3/t15?,17-,20?,21?,22?,23?,24?,25?,26-,28+,29-,30?/m0/s1. The van der Waals surface area contributed by atoms with Crippen LogP contribution in [-0.4, -0.2) is 87.3 Å². The number of halogens is 1. The van der Waals surface area contributed by atoms with Gasteiger partial charge < -0.3 is 33.9 Å². The molecule has 12 heteroatoms. The largest absolute Gasteiger partial charge is 0.462 e. The molecule has 236 valence electrons. The molecule has 0 amide bonds. The number of hydrogen-bond acceptors (Lipinski definition) is 11.